The summed E-state index contributed by atoms with van der Waals surface area (Å²) >= 11 is 0. The highest BCUT2D eigenvalue weighted by Crippen LogP contribution is 2.42. The Balaban J connectivity index is 2.02. The number of hydrogen-bond acceptors (Lipinski definition) is 3. The number of carbonyl (C=O) groups is 2. The number of nitrogens with one attached hydrogen (secondary N) is 1. The summed E-state index contributed by atoms with van der Waals surface area (Å²) in [5.74, 6) is 0.384. The first kappa shape index (κ1) is 16.3. The summed E-state index contributed by atoms with van der Waals surface area (Å²) in [6.45, 7) is 5.73. The first-order valence-corrected chi connectivity index (χ1v) is 8.05. The molecule has 0 aromatic carbocycles. The molecule has 2 saturated carbocycles. The summed E-state index contributed by atoms with van der Waals surface area (Å²) in [4.78, 5) is 24.1. The molecule has 2 fully saturated rings. The number of hydrogen-bond donors (Lipinski definition) is 3. The van der Waals surface area contributed by atoms with Gasteiger partial charge in [0.05, 0.1) is 0 Å². The van der Waals surface area contributed by atoms with E-state index in [1.807, 2.05) is 20.8 Å². The van der Waals surface area contributed by atoms with Crippen molar-refractivity contribution in [1.29, 1.82) is 0 Å². The van der Waals surface area contributed by atoms with Crippen molar-refractivity contribution in [2.24, 2.45) is 34.6 Å². The minimum Gasteiger partial charge on any atom is -0.368 e. The van der Waals surface area contributed by atoms with E-state index in [4.69, 9.17) is 11.5 Å². The highest BCUT2D eigenvalue weighted by Gasteiger charge is 2.42. The van der Waals surface area contributed by atoms with E-state index in [1.165, 1.54) is 6.42 Å². The molecule has 2 bridgehead atoms. The Morgan fingerprint density at radius 3 is 2.10 bits per heavy atom. The summed E-state index contributed by atoms with van der Waals surface area (Å²) in [6.07, 6.45) is 5.17. The molecule has 120 valence electrons. The molecular formula is C16H29N3O2. The lowest BCUT2D eigenvalue weighted by Crippen LogP contribution is -2.55. The third-order valence-electron chi connectivity index (χ3n) is 5.22. The molecule has 2 rings (SSSR count). The smallest absolute Gasteiger partial charge is 0.240 e. The lowest BCUT2D eigenvalue weighted by Gasteiger charge is -2.44. The predicted molar refractivity (Wildman–Crippen MR) is 82.1 cm³/mol. The van der Waals surface area contributed by atoms with Gasteiger partial charge in [0, 0.05) is 12.0 Å². The lowest BCUT2D eigenvalue weighted by atomic mass is 9.65. The van der Waals surface area contributed by atoms with E-state index >= 15 is 0 Å². The van der Waals surface area contributed by atoms with E-state index in [2.05, 4.69) is 5.32 Å². The SMILES string of the molecule is CC(C)(C)[C@H](NC(=O)C1CC2CCCC(C1)C2N)C(N)=O. The topological polar surface area (TPSA) is 98.2 Å². The van der Waals surface area contributed by atoms with Crippen LogP contribution in [0.15, 0.2) is 0 Å². The fraction of sp³-hybridized carbons (Fsp3) is 0.875. The number of nitrogens with two attached hydrogens (primary N) is 2. The molecule has 5 nitrogen and oxygen atoms in total. The normalized spacial score (nSPS) is 34.1. The van der Waals surface area contributed by atoms with Gasteiger partial charge in [0.2, 0.25) is 11.8 Å². The van der Waals surface area contributed by atoms with Gasteiger partial charge in [-0.3, -0.25) is 9.59 Å². The standard InChI is InChI=1S/C16H29N3O2/c1-16(2,3)13(14(18)20)19-15(21)11-7-9-5-4-6-10(8-11)12(9)17/h9-13H,4-8,17H2,1-3H3,(H2,18,20)(H,19,21)/t9?,10?,11?,12?,13-/m1/s1. The van der Waals surface area contributed by atoms with E-state index in [9.17, 15) is 9.59 Å². The molecule has 0 heterocycles. The van der Waals surface area contributed by atoms with Gasteiger partial charge in [-0.05, 0) is 42.9 Å². The van der Waals surface area contributed by atoms with Crippen molar-refractivity contribution in [2.75, 3.05) is 0 Å². The molecule has 2 aliphatic rings. The van der Waals surface area contributed by atoms with Gasteiger partial charge in [0.1, 0.15) is 6.04 Å². The molecule has 2 amide bonds. The second-order valence-electron chi connectivity index (χ2n) is 7.91. The highest BCUT2D eigenvalue weighted by molar-refractivity contribution is 5.88. The second kappa shape index (κ2) is 5.95. The van der Waals surface area contributed by atoms with Crippen molar-refractivity contribution < 1.29 is 9.59 Å². The lowest BCUT2D eigenvalue weighted by molar-refractivity contribution is -0.134. The van der Waals surface area contributed by atoms with Crippen molar-refractivity contribution >= 4 is 11.8 Å². The van der Waals surface area contributed by atoms with Crippen LogP contribution < -0.4 is 16.8 Å². The monoisotopic (exact) mass is 295 g/mol. The van der Waals surface area contributed by atoms with Gasteiger partial charge in [-0.2, -0.15) is 0 Å². The average Bonchev–Trinajstić information content (AvgIpc) is 2.33. The van der Waals surface area contributed by atoms with Crippen LogP contribution in [0.3, 0.4) is 0 Å². The number of fused-ring (bicyclic) bond motifs is 2. The zero-order chi connectivity index (χ0) is 15.8. The minimum atomic E-state index is -0.625. The number of amides is 2. The van der Waals surface area contributed by atoms with Crippen LogP contribution >= 0.6 is 0 Å². The first-order valence-electron chi connectivity index (χ1n) is 8.05. The third-order valence-corrected chi connectivity index (χ3v) is 5.22. The maximum atomic E-state index is 12.5. The van der Waals surface area contributed by atoms with Crippen LogP contribution in [0.25, 0.3) is 0 Å². The van der Waals surface area contributed by atoms with Crippen LogP contribution in [-0.4, -0.2) is 23.9 Å². The Morgan fingerprint density at radius 1 is 1.14 bits per heavy atom. The van der Waals surface area contributed by atoms with E-state index in [0.29, 0.717) is 11.8 Å². The summed E-state index contributed by atoms with van der Waals surface area (Å²) in [5, 5.41) is 2.88. The van der Waals surface area contributed by atoms with Crippen molar-refractivity contribution in [3.05, 3.63) is 0 Å². The van der Waals surface area contributed by atoms with Crippen molar-refractivity contribution in [3.8, 4) is 0 Å². The van der Waals surface area contributed by atoms with Gasteiger partial charge in [-0.1, -0.05) is 27.2 Å². The van der Waals surface area contributed by atoms with Gasteiger partial charge in [0.15, 0.2) is 0 Å². The van der Waals surface area contributed by atoms with Crippen LogP contribution in [0.4, 0.5) is 0 Å². The van der Waals surface area contributed by atoms with Crippen LogP contribution in [0.2, 0.25) is 0 Å². The summed E-state index contributed by atoms with van der Waals surface area (Å²) in [5.41, 5.74) is 11.3. The van der Waals surface area contributed by atoms with Crippen molar-refractivity contribution in [3.63, 3.8) is 0 Å². The first-order chi connectivity index (χ1) is 9.70. The Bertz CT molecular complexity index is 402. The molecule has 0 saturated heterocycles. The maximum Gasteiger partial charge on any atom is 0.240 e. The average molecular weight is 295 g/mol. The van der Waals surface area contributed by atoms with E-state index in [-0.39, 0.29) is 23.3 Å². The van der Waals surface area contributed by atoms with Gasteiger partial charge in [-0.25, -0.2) is 0 Å². The number of rotatable bonds is 3. The maximum absolute atomic E-state index is 12.5. The molecule has 0 radical (unpaired) electrons. The van der Waals surface area contributed by atoms with Crippen LogP contribution in [-0.2, 0) is 9.59 Å². The molecule has 2 aliphatic carbocycles. The van der Waals surface area contributed by atoms with Gasteiger partial charge < -0.3 is 16.8 Å². The Hall–Kier alpha value is -1.10. The van der Waals surface area contributed by atoms with E-state index < -0.39 is 11.9 Å². The van der Waals surface area contributed by atoms with E-state index in [1.54, 1.807) is 0 Å². The fourth-order valence-electron chi connectivity index (χ4n) is 3.98. The Morgan fingerprint density at radius 2 is 1.67 bits per heavy atom. The zero-order valence-corrected chi connectivity index (χ0v) is 13.4. The molecule has 2 unspecified atom stereocenters. The second-order valence-corrected chi connectivity index (χ2v) is 7.91. The molecule has 0 aromatic rings. The minimum absolute atomic E-state index is 0.0238. The van der Waals surface area contributed by atoms with Gasteiger partial charge in [0.25, 0.3) is 0 Å². The van der Waals surface area contributed by atoms with E-state index in [0.717, 1.165) is 25.7 Å². The van der Waals surface area contributed by atoms with Crippen molar-refractivity contribution in [1.82, 2.24) is 5.32 Å². The molecule has 5 N–H and O–H groups in total. The molecule has 0 spiro atoms. The number of carbonyl (C=O) groups excluding carboxylic acids is 2. The largest absolute Gasteiger partial charge is 0.368 e. The molecule has 0 aromatic heterocycles. The van der Waals surface area contributed by atoms with Gasteiger partial charge in [-0.15, -0.1) is 0 Å². The molecule has 5 heteroatoms. The number of primary amides is 1. The van der Waals surface area contributed by atoms with Crippen LogP contribution in [0.1, 0.15) is 52.9 Å². The fourth-order valence-corrected chi connectivity index (χ4v) is 3.98. The molecule has 0 aliphatic heterocycles. The summed E-state index contributed by atoms with van der Waals surface area (Å²) in [6, 6.07) is -0.377. The molecule has 3 atom stereocenters. The Labute approximate surface area is 127 Å². The third kappa shape index (κ3) is 3.57. The quantitative estimate of drug-likeness (QED) is 0.728. The zero-order valence-electron chi connectivity index (χ0n) is 13.4. The summed E-state index contributed by atoms with van der Waals surface area (Å²) in [7, 11) is 0. The summed E-state index contributed by atoms with van der Waals surface area (Å²) < 4.78 is 0. The van der Waals surface area contributed by atoms with Crippen molar-refractivity contribution in [2.45, 2.75) is 65.0 Å². The van der Waals surface area contributed by atoms with Gasteiger partial charge >= 0.3 is 0 Å². The highest BCUT2D eigenvalue weighted by atomic mass is 16.2. The van der Waals surface area contributed by atoms with Crippen LogP contribution in [0, 0.1) is 23.2 Å². The Kier molecular flexibility index (Phi) is 4.61. The molecule has 21 heavy (non-hydrogen) atoms. The molecular weight excluding hydrogens is 266 g/mol. The predicted octanol–water partition coefficient (Wildman–Crippen LogP) is 1.16. The van der Waals surface area contributed by atoms with Crippen LogP contribution in [0.5, 0.6) is 0 Å².